The summed E-state index contributed by atoms with van der Waals surface area (Å²) in [5.41, 5.74) is 2.23. The molecule has 2 aromatic carbocycles. The minimum atomic E-state index is -0.230. The number of halogens is 1. The molecule has 0 saturated heterocycles. The summed E-state index contributed by atoms with van der Waals surface area (Å²) in [5, 5.41) is 14.3. The van der Waals surface area contributed by atoms with Gasteiger partial charge < -0.3 is 15.4 Å². The second kappa shape index (κ2) is 9.47. The molecule has 0 radical (unpaired) electrons. The molecule has 1 aromatic heterocycles. The van der Waals surface area contributed by atoms with Crippen LogP contribution in [-0.4, -0.2) is 35.4 Å². The quantitative estimate of drug-likeness (QED) is 0.604. The lowest BCUT2D eigenvalue weighted by molar-refractivity contribution is 0.414. The number of nitrogens with zero attached hydrogens (tertiary/aromatic N) is 3. The van der Waals surface area contributed by atoms with E-state index in [9.17, 15) is 4.39 Å². The molecule has 0 fully saturated rings. The Morgan fingerprint density at radius 3 is 2.56 bits per heavy atom. The first-order chi connectivity index (χ1) is 13.2. The van der Waals surface area contributed by atoms with Gasteiger partial charge >= 0.3 is 0 Å². The Labute approximate surface area is 157 Å². The molecule has 0 aliphatic rings. The number of ether oxygens (including phenoxy) is 1. The largest absolute Gasteiger partial charge is 0.497 e. The van der Waals surface area contributed by atoms with Gasteiger partial charge in [-0.15, -0.1) is 5.10 Å². The van der Waals surface area contributed by atoms with Gasteiger partial charge in [-0.1, -0.05) is 24.3 Å². The van der Waals surface area contributed by atoms with E-state index in [2.05, 4.69) is 31.9 Å². The normalized spacial score (nSPS) is 10.4. The Morgan fingerprint density at radius 2 is 1.74 bits per heavy atom. The van der Waals surface area contributed by atoms with Crippen molar-refractivity contribution >= 4 is 11.8 Å². The van der Waals surface area contributed by atoms with E-state index in [-0.39, 0.29) is 5.82 Å². The average molecular weight is 367 g/mol. The second-order valence-corrected chi connectivity index (χ2v) is 6.00. The fourth-order valence-electron chi connectivity index (χ4n) is 2.60. The monoisotopic (exact) mass is 367 g/mol. The molecule has 0 saturated carbocycles. The lowest BCUT2D eigenvalue weighted by atomic mass is 10.1. The number of anilines is 2. The van der Waals surface area contributed by atoms with Crippen molar-refractivity contribution in [3.8, 4) is 5.75 Å². The molecule has 6 nitrogen and oxygen atoms in total. The zero-order valence-corrected chi connectivity index (χ0v) is 15.2. The molecule has 0 aliphatic carbocycles. The average Bonchev–Trinajstić information content (AvgIpc) is 2.70. The number of nitrogens with one attached hydrogen (secondary N) is 2. The highest BCUT2D eigenvalue weighted by atomic mass is 19.1. The molecule has 0 spiro atoms. The van der Waals surface area contributed by atoms with Crippen LogP contribution in [0.4, 0.5) is 16.2 Å². The maximum atomic E-state index is 12.9. The maximum Gasteiger partial charge on any atom is 0.244 e. The third kappa shape index (κ3) is 5.91. The molecule has 3 aromatic rings. The Balaban J connectivity index is 1.46. The lowest BCUT2D eigenvalue weighted by Gasteiger charge is -2.08. The van der Waals surface area contributed by atoms with Crippen LogP contribution in [0.1, 0.15) is 11.1 Å². The van der Waals surface area contributed by atoms with Gasteiger partial charge in [-0.05, 0) is 48.2 Å². The number of aromatic nitrogens is 3. The number of hydrogen-bond donors (Lipinski definition) is 2. The van der Waals surface area contributed by atoms with Gasteiger partial charge in [0.25, 0.3) is 0 Å². The molecule has 0 aliphatic heterocycles. The third-order valence-corrected chi connectivity index (χ3v) is 4.02. The highest BCUT2D eigenvalue weighted by Gasteiger charge is 2.02. The molecule has 3 rings (SSSR count). The van der Waals surface area contributed by atoms with E-state index < -0.39 is 0 Å². The number of methoxy groups -OCH3 is 1. The Hall–Kier alpha value is -3.22. The van der Waals surface area contributed by atoms with Gasteiger partial charge in [-0.3, -0.25) is 0 Å². The zero-order valence-electron chi connectivity index (χ0n) is 15.2. The summed E-state index contributed by atoms with van der Waals surface area (Å²) in [4.78, 5) is 4.40. The van der Waals surface area contributed by atoms with E-state index in [1.165, 1.54) is 17.7 Å². The van der Waals surface area contributed by atoms with E-state index in [1.807, 2.05) is 18.2 Å². The zero-order chi connectivity index (χ0) is 18.9. The SMILES string of the molecule is COc1cccc(CCNc2cnnc(NCCc3ccc(F)cc3)n2)c1. The molecule has 0 bridgehead atoms. The Morgan fingerprint density at radius 1 is 0.963 bits per heavy atom. The fourth-order valence-corrected chi connectivity index (χ4v) is 2.60. The predicted octanol–water partition coefficient (Wildman–Crippen LogP) is 3.33. The highest BCUT2D eigenvalue weighted by molar-refractivity contribution is 5.37. The maximum absolute atomic E-state index is 12.9. The topological polar surface area (TPSA) is 72.0 Å². The molecule has 140 valence electrons. The summed E-state index contributed by atoms with van der Waals surface area (Å²) in [7, 11) is 1.66. The first-order valence-electron chi connectivity index (χ1n) is 8.78. The molecular weight excluding hydrogens is 345 g/mol. The first-order valence-corrected chi connectivity index (χ1v) is 8.78. The number of hydrogen-bond acceptors (Lipinski definition) is 6. The van der Waals surface area contributed by atoms with Gasteiger partial charge in [0.15, 0.2) is 5.82 Å². The van der Waals surface area contributed by atoms with Crippen molar-refractivity contribution in [2.45, 2.75) is 12.8 Å². The number of rotatable bonds is 9. The van der Waals surface area contributed by atoms with Crippen LogP contribution < -0.4 is 15.4 Å². The molecule has 2 N–H and O–H groups in total. The van der Waals surface area contributed by atoms with E-state index in [0.717, 1.165) is 30.7 Å². The van der Waals surface area contributed by atoms with Crippen LogP contribution in [0.25, 0.3) is 0 Å². The van der Waals surface area contributed by atoms with Gasteiger partial charge in [0, 0.05) is 13.1 Å². The van der Waals surface area contributed by atoms with E-state index >= 15 is 0 Å². The van der Waals surface area contributed by atoms with Crippen molar-refractivity contribution < 1.29 is 9.13 Å². The minimum absolute atomic E-state index is 0.230. The van der Waals surface area contributed by atoms with Gasteiger partial charge in [0.2, 0.25) is 5.95 Å². The predicted molar refractivity (Wildman–Crippen MR) is 104 cm³/mol. The summed E-state index contributed by atoms with van der Waals surface area (Å²) in [5.74, 6) is 1.75. The second-order valence-electron chi connectivity index (χ2n) is 6.00. The van der Waals surface area contributed by atoms with Gasteiger partial charge in [-0.2, -0.15) is 10.1 Å². The van der Waals surface area contributed by atoms with E-state index in [4.69, 9.17) is 4.74 Å². The Bertz CT molecular complexity index is 857. The lowest BCUT2D eigenvalue weighted by Crippen LogP contribution is -2.12. The smallest absolute Gasteiger partial charge is 0.244 e. The summed E-state index contributed by atoms with van der Waals surface area (Å²) in [6, 6.07) is 14.4. The van der Waals surface area contributed by atoms with Crippen molar-refractivity contribution in [1.82, 2.24) is 15.2 Å². The fraction of sp³-hybridized carbons (Fsp3) is 0.250. The molecule has 27 heavy (non-hydrogen) atoms. The molecule has 7 heteroatoms. The molecule has 0 unspecified atom stereocenters. The number of benzene rings is 2. The van der Waals surface area contributed by atoms with E-state index in [0.29, 0.717) is 18.3 Å². The van der Waals surface area contributed by atoms with Crippen molar-refractivity contribution in [3.05, 3.63) is 71.7 Å². The summed E-state index contributed by atoms with van der Waals surface area (Å²) < 4.78 is 18.1. The van der Waals surface area contributed by atoms with Gasteiger partial charge in [-0.25, -0.2) is 4.39 Å². The standard InChI is InChI=1S/C20H22FN5O/c1-27-18-4-2-3-16(13-18)10-11-22-19-14-24-26-20(25-19)23-12-9-15-5-7-17(21)8-6-15/h2-8,13-14H,9-12H2,1H3,(H2,22,23,25,26). The molecule has 0 amide bonds. The van der Waals surface area contributed by atoms with Crippen LogP contribution in [0.15, 0.2) is 54.7 Å². The van der Waals surface area contributed by atoms with Crippen LogP contribution in [0.5, 0.6) is 5.75 Å². The minimum Gasteiger partial charge on any atom is -0.497 e. The molecular formula is C20H22FN5O. The van der Waals surface area contributed by atoms with Crippen molar-refractivity contribution in [2.75, 3.05) is 30.8 Å². The summed E-state index contributed by atoms with van der Waals surface area (Å²) in [6.07, 6.45) is 3.18. The summed E-state index contributed by atoms with van der Waals surface area (Å²) in [6.45, 7) is 1.36. The van der Waals surface area contributed by atoms with Crippen LogP contribution >= 0.6 is 0 Å². The van der Waals surface area contributed by atoms with Gasteiger partial charge in [0.1, 0.15) is 11.6 Å². The van der Waals surface area contributed by atoms with Gasteiger partial charge in [0.05, 0.1) is 13.3 Å². The van der Waals surface area contributed by atoms with Crippen molar-refractivity contribution in [1.29, 1.82) is 0 Å². The summed E-state index contributed by atoms with van der Waals surface area (Å²) >= 11 is 0. The third-order valence-electron chi connectivity index (χ3n) is 4.02. The van der Waals surface area contributed by atoms with E-state index in [1.54, 1.807) is 25.4 Å². The first kappa shape index (κ1) is 18.6. The van der Waals surface area contributed by atoms with Crippen LogP contribution in [0.2, 0.25) is 0 Å². The molecule has 0 atom stereocenters. The molecule has 1 heterocycles. The highest BCUT2D eigenvalue weighted by Crippen LogP contribution is 2.13. The van der Waals surface area contributed by atoms with Crippen LogP contribution in [0.3, 0.4) is 0 Å². The Kier molecular flexibility index (Phi) is 6.51. The van der Waals surface area contributed by atoms with Crippen molar-refractivity contribution in [2.24, 2.45) is 0 Å². The van der Waals surface area contributed by atoms with Crippen molar-refractivity contribution in [3.63, 3.8) is 0 Å². The van der Waals surface area contributed by atoms with Crippen LogP contribution in [-0.2, 0) is 12.8 Å². The van der Waals surface area contributed by atoms with Crippen LogP contribution in [0, 0.1) is 5.82 Å².